The van der Waals surface area contributed by atoms with Crippen molar-refractivity contribution >= 4 is 21.9 Å². The molecule has 0 saturated heterocycles. The van der Waals surface area contributed by atoms with Crippen LogP contribution in [0.3, 0.4) is 0 Å². The van der Waals surface area contributed by atoms with Crippen LogP contribution < -0.4 is 0 Å². The summed E-state index contributed by atoms with van der Waals surface area (Å²) in [5.74, 6) is -1.65. The summed E-state index contributed by atoms with van der Waals surface area (Å²) in [7, 11) is 0. The minimum Gasteiger partial charge on any atom is -0.481 e. The molecule has 0 radical (unpaired) electrons. The van der Waals surface area contributed by atoms with E-state index in [9.17, 15) is 14.3 Å². The van der Waals surface area contributed by atoms with Gasteiger partial charge in [-0.05, 0) is 31.0 Å². The molecule has 0 heterocycles. The summed E-state index contributed by atoms with van der Waals surface area (Å²) in [4.78, 5) is 11.0. The molecule has 1 aliphatic carbocycles. The number of rotatable bonds is 3. The highest BCUT2D eigenvalue weighted by molar-refractivity contribution is 9.10. The van der Waals surface area contributed by atoms with Crippen LogP contribution in [0.1, 0.15) is 24.5 Å². The van der Waals surface area contributed by atoms with Crippen molar-refractivity contribution in [3.63, 3.8) is 0 Å². The van der Waals surface area contributed by atoms with Crippen molar-refractivity contribution in [3.05, 3.63) is 34.1 Å². The zero-order valence-electron chi connectivity index (χ0n) is 8.28. The Hall–Kier alpha value is -0.940. The van der Waals surface area contributed by atoms with Crippen molar-refractivity contribution in [2.45, 2.75) is 18.9 Å². The first-order valence-corrected chi connectivity index (χ1v) is 5.63. The average molecular weight is 289 g/mol. The van der Waals surface area contributed by atoms with Crippen molar-refractivity contribution in [2.24, 2.45) is 5.41 Å². The molecule has 1 aliphatic rings. The normalized spacial score (nSPS) is 19.2. The predicted molar refractivity (Wildman–Crippen MR) is 58.4 cm³/mol. The summed E-state index contributed by atoms with van der Waals surface area (Å²) in [6.45, 7) is 0. The molecule has 0 bridgehead atoms. The maximum atomic E-state index is 13.5. The minimum absolute atomic E-state index is 0.0364. The smallest absolute Gasteiger partial charge is 0.312 e. The number of hydrogen-bond donors (Lipinski definition) is 2. The van der Waals surface area contributed by atoms with E-state index in [0.29, 0.717) is 17.3 Å². The maximum Gasteiger partial charge on any atom is 0.312 e. The van der Waals surface area contributed by atoms with Crippen LogP contribution in [-0.4, -0.2) is 16.2 Å². The van der Waals surface area contributed by atoms with Crippen LogP contribution in [-0.2, 0) is 4.79 Å². The Labute approximate surface area is 100 Å². The third-order valence-electron chi connectivity index (χ3n) is 2.99. The Bertz CT molecular complexity index is 443. The monoisotopic (exact) mass is 288 g/mol. The first-order valence-electron chi connectivity index (χ1n) is 4.84. The van der Waals surface area contributed by atoms with Crippen molar-refractivity contribution in [1.29, 1.82) is 0 Å². The fourth-order valence-electron chi connectivity index (χ4n) is 1.76. The molecule has 5 heteroatoms. The molecule has 0 aromatic heterocycles. The molecule has 1 fully saturated rings. The molecule has 86 valence electrons. The van der Waals surface area contributed by atoms with Crippen LogP contribution in [0.15, 0.2) is 22.7 Å². The Morgan fingerprint density at radius 3 is 2.62 bits per heavy atom. The summed E-state index contributed by atoms with van der Waals surface area (Å²) in [5, 5.41) is 18.9. The van der Waals surface area contributed by atoms with Gasteiger partial charge in [-0.15, -0.1) is 0 Å². The molecule has 1 aromatic rings. The summed E-state index contributed by atoms with van der Waals surface area (Å²) >= 11 is 3.16. The van der Waals surface area contributed by atoms with E-state index < -0.39 is 23.3 Å². The molecule has 3 nitrogen and oxygen atoms in total. The highest BCUT2D eigenvalue weighted by Gasteiger charge is 2.56. The third kappa shape index (κ3) is 1.74. The van der Waals surface area contributed by atoms with Crippen molar-refractivity contribution in [2.75, 3.05) is 0 Å². The number of hydrogen-bond acceptors (Lipinski definition) is 2. The van der Waals surface area contributed by atoms with Crippen LogP contribution in [0, 0.1) is 11.2 Å². The zero-order valence-corrected chi connectivity index (χ0v) is 9.87. The lowest BCUT2D eigenvalue weighted by molar-refractivity contribution is -0.148. The molecule has 2 rings (SSSR count). The Morgan fingerprint density at radius 2 is 2.12 bits per heavy atom. The summed E-state index contributed by atoms with van der Waals surface area (Å²) in [5.41, 5.74) is -1.16. The number of carboxylic acids is 1. The second-order valence-electron chi connectivity index (χ2n) is 4.03. The van der Waals surface area contributed by atoms with E-state index in [0.717, 1.165) is 0 Å². The number of aliphatic hydroxyl groups excluding tert-OH is 1. The molecule has 16 heavy (non-hydrogen) atoms. The molecule has 1 saturated carbocycles. The van der Waals surface area contributed by atoms with E-state index >= 15 is 0 Å². The zero-order chi connectivity index (χ0) is 11.9. The van der Waals surface area contributed by atoms with E-state index in [-0.39, 0.29) is 5.56 Å². The number of aliphatic hydroxyl groups is 1. The predicted octanol–water partition coefficient (Wildman–Crippen LogP) is 2.49. The molecule has 1 atom stereocenters. The summed E-state index contributed by atoms with van der Waals surface area (Å²) < 4.78 is 14.1. The lowest BCUT2D eigenvalue weighted by atomic mass is 9.92. The fraction of sp³-hybridized carbons (Fsp3) is 0.364. The average Bonchev–Trinajstić information content (AvgIpc) is 3.01. The quantitative estimate of drug-likeness (QED) is 0.898. The van der Waals surface area contributed by atoms with E-state index in [4.69, 9.17) is 5.11 Å². The lowest BCUT2D eigenvalue weighted by Gasteiger charge is -2.19. The van der Waals surface area contributed by atoms with Crippen molar-refractivity contribution in [3.8, 4) is 0 Å². The largest absolute Gasteiger partial charge is 0.481 e. The SMILES string of the molecule is O=C(O)C1(C(O)c2cc(Br)ccc2F)CC1. The lowest BCUT2D eigenvalue weighted by Crippen LogP contribution is -2.24. The van der Waals surface area contributed by atoms with Gasteiger partial charge in [0.1, 0.15) is 5.82 Å². The molecule has 0 amide bonds. The first-order chi connectivity index (χ1) is 7.47. The number of aliphatic carboxylic acids is 1. The van der Waals surface area contributed by atoms with Gasteiger partial charge in [-0.1, -0.05) is 15.9 Å². The van der Waals surface area contributed by atoms with Crippen LogP contribution in [0.5, 0.6) is 0 Å². The van der Waals surface area contributed by atoms with Gasteiger partial charge in [-0.25, -0.2) is 4.39 Å². The van der Waals surface area contributed by atoms with Gasteiger partial charge >= 0.3 is 5.97 Å². The van der Waals surface area contributed by atoms with E-state index in [1.165, 1.54) is 18.2 Å². The van der Waals surface area contributed by atoms with Crippen LogP contribution in [0.2, 0.25) is 0 Å². The van der Waals surface area contributed by atoms with Crippen LogP contribution in [0.4, 0.5) is 4.39 Å². The topological polar surface area (TPSA) is 57.5 Å². The molecule has 0 aliphatic heterocycles. The van der Waals surface area contributed by atoms with Gasteiger partial charge in [0.15, 0.2) is 0 Å². The van der Waals surface area contributed by atoms with E-state index in [1.807, 2.05) is 0 Å². The maximum absolute atomic E-state index is 13.5. The number of halogens is 2. The van der Waals surface area contributed by atoms with Crippen LogP contribution >= 0.6 is 15.9 Å². The first kappa shape index (κ1) is 11.5. The number of carboxylic acid groups (broad SMARTS) is 1. The van der Waals surface area contributed by atoms with Gasteiger partial charge < -0.3 is 10.2 Å². The van der Waals surface area contributed by atoms with Gasteiger partial charge in [0.2, 0.25) is 0 Å². The molecule has 2 N–H and O–H groups in total. The molecule has 1 aromatic carbocycles. The Kier molecular flexibility index (Phi) is 2.75. The van der Waals surface area contributed by atoms with Gasteiger partial charge in [0, 0.05) is 10.0 Å². The van der Waals surface area contributed by atoms with Gasteiger partial charge in [0.05, 0.1) is 11.5 Å². The highest BCUT2D eigenvalue weighted by atomic mass is 79.9. The molecule has 1 unspecified atom stereocenters. The second-order valence-corrected chi connectivity index (χ2v) is 4.95. The van der Waals surface area contributed by atoms with Gasteiger partial charge in [-0.3, -0.25) is 4.79 Å². The van der Waals surface area contributed by atoms with Crippen molar-refractivity contribution in [1.82, 2.24) is 0 Å². The summed E-state index contributed by atoms with van der Waals surface area (Å²) in [6, 6.07) is 4.13. The van der Waals surface area contributed by atoms with Crippen molar-refractivity contribution < 1.29 is 19.4 Å². The molecular formula is C11H10BrFO3. The molecule has 0 spiro atoms. The number of benzene rings is 1. The molecular weight excluding hydrogens is 279 g/mol. The van der Waals surface area contributed by atoms with Gasteiger partial charge in [-0.2, -0.15) is 0 Å². The van der Waals surface area contributed by atoms with E-state index in [2.05, 4.69) is 15.9 Å². The number of carbonyl (C=O) groups is 1. The fourth-order valence-corrected chi connectivity index (χ4v) is 2.14. The highest BCUT2D eigenvalue weighted by Crippen LogP contribution is 2.55. The Morgan fingerprint density at radius 1 is 1.50 bits per heavy atom. The summed E-state index contributed by atoms with van der Waals surface area (Å²) in [6.07, 6.45) is -0.521. The standard InChI is InChI=1S/C11H10BrFO3/c12-6-1-2-8(13)7(5-6)9(14)11(3-4-11)10(15)16/h1-2,5,9,14H,3-4H2,(H,15,16). The minimum atomic E-state index is -1.29. The van der Waals surface area contributed by atoms with Crippen LogP contribution in [0.25, 0.3) is 0 Å². The van der Waals surface area contributed by atoms with Gasteiger partial charge in [0.25, 0.3) is 0 Å². The Balaban J connectivity index is 2.38. The third-order valence-corrected chi connectivity index (χ3v) is 3.48. The van der Waals surface area contributed by atoms with E-state index in [1.54, 1.807) is 0 Å². The second kappa shape index (κ2) is 3.82.